The van der Waals surface area contributed by atoms with Crippen molar-refractivity contribution in [3.05, 3.63) is 35.1 Å². The summed E-state index contributed by atoms with van der Waals surface area (Å²) in [5.41, 5.74) is 1.66. The fourth-order valence-electron chi connectivity index (χ4n) is 2.00. The lowest BCUT2D eigenvalue weighted by Crippen LogP contribution is -2.04. The Balaban J connectivity index is 1.98. The van der Waals surface area contributed by atoms with Crippen LogP contribution in [0.2, 0.25) is 0 Å². The molecule has 0 unspecified atom stereocenters. The molecule has 0 saturated carbocycles. The molecule has 3 aromatic rings. The van der Waals surface area contributed by atoms with Crippen LogP contribution < -0.4 is 4.74 Å². The second kappa shape index (κ2) is 5.72. The summed E-state index contributed by atoms with van der Waals surface area (Å²) in [5, 5.41) is 15.6. The number of aromatic nitrogens is 6. The van der Waals surface area contributed by atoms with Gasteiger partial charge < -0.3 is 4.74 Å². The van der Waals surface area contributed by atoms with E-state index in [2.05, 4.69) is 20.5 Å². The Kier molecular flexibility index (Phi) is 3.76. The molecule has 22 heavy (non-hydrogen) atoms. The molecular weight excluding hydrogens is 300 g/mol. The number of rotatable bonds is 4. The molecule has 0 aliphatic heterocycles. The number of methoxy groups -OCH3 is 1. The van der Waals surface area contributed by atoms with E-state index >= 15 is 0 Å². The van der Waals surface area contributed by atoms with Gasteiger partial charge in [-0.05, 0) is 43.3 Å². The molecule has 0 aliphatic carbocycles. The monoisotopic (exact) mass is 316 g/mol. The first-order chi connectivity index (χ1) is 10.6. The molecule has 1 aromatic carbocycles. The van der Waals surface area contributed by atoms with Crippen LogP contribution in [-0.4, -0.2) is 37.1 Å². The van der Waals surface area contributed by atoms with E-state index in [9.17, 15) is 0 Å². The first kappa shape index (κ1) is 14.5. The van der Waals surface area contributed by atoms with Crippen LogP contribution in [-0.2, 0) is 0 Å². The van der Waals surface area contributed by atoms with Crippen LogP contribution in [0.3, 0.4) is 0 Å². The highest BCUT2D eigenvalue weighted by Gasteiger charge is 2.13. The minimum atomic E-state index is 0.155. The highest BCUT2D eigenvalue weighted by Crippen LogP contribution is 2.20. The number of H-pyrrole nitrogens is 1. The minimum absolute atomic E-state index is 0.155. The average Bonchev–Trinajstić information content (AvgIpc) is 3.14. The summed E-state index contributed by atoms with van der Waals surface area (Å²) in [7, 11) is 1.64. The van der Waals surface area contributed by atoms with Crippen LogP contribution in [0.25, 0.3) is 17.1 Å². The van der Waals surface area contributed by atoms with Crippen LogP contribution in [0.5, 0.6) is 5.75 Å². The number of benzene rings is 1. The van der Waals surface area contributed by atoms with Gasteiger partial charge in [-0.3, -0.25) is 5.10 Å². The summed E-state index contributed by atoms with van der Waals surface area (Å²) in [6.45, 7) is 3.99. The van der Waals surface area contributed by atoms with Gasteiger partial charge in [-0.25, -0.2) is 4.68 Å². The number of aromatic amines is 1. The van der Waals surface area contributed by atoms with E-state index in [0.717, 1.165) is 17.0 Å². The van der Waals surface area contributed by atoms with Crippen molar-refractivity contribution in [1.29, 1.82) is 0 Å². The van der Waals surface area contributed by atoms with Crippen LogP contribution in [0, 0.1) is 4.64 Å². The summed E-state index contributed by atoms with van der Waals surface area (Å²) in [4.78, 5) is 1.56. The van der Waals surface area contributed by atoms with Gasteiger partial charge in [0.05, 0.1) is 24.4 Å². The highest BCUT2D eigenvalue weighted by atomic mass is 32.1. The third-order valence-electron chi connectivity index (χ3n) is 3.23. The predicted molar refractivity (Wildman–Crippen MR) is 84.7 cm³/mol. The number of hydrogen-bond acceptors (Lipinski definition) is 5. The molecule has 114 valence electrons. The van der Waals surface area contributed by atoms with Gasteiger partial charge in [0.25, 0.3) is 0 Å². The van der Waals surface area contributed by atoms with E-state index in [0.29, 0.717) is 10.5 Å². The zero-order valence-corrected chi connectivity index (χ0v) is 13.3. The van der Waals surface area contributed by atoms with E-state index in [1.165, 1.54) is 0 Å². The largest absolute Gasteiger partial charge is 0.497 e. The Hall–Kier alpha value is -2.48. The molecular formula is C14H16N6OS. The molecule has 0 spiro atoms. The van der Waals surface area contributed by atoms with E-state index in [-0.39, 0.29) is 6.04 Å². The van der Waals surface area contributed by atoms with Gasteiger partial charge in [0.2, 0.25) is 5.82 Å². The number of nitrogens with zero attached hydrogens (tertiary/aromatic N) is 5. The van der Waals surface area contributed by atoms with Crippen molar-refractivity contribution in [3.63, 3.8) is 0 Å². The molecule has 0 saturated heterocycles. The molecule has 2 aromatic heterocycles. The van der Waals surface area contributed by atoms with Crippen molar-refractivity contribution in [2.24, 2.45) is 0 Å². The Morgan fingerprint density at radius 3 is 2.55 bits per heavy atom. The molecule has 0 amide bonds. The number of nitrogens with one attached hydrogen (secondary N) is 1. The maximum Gasteiger partial charge on any atom is 0.209 e. The summed E-state index contributed by atoms with van der Waals surface area (Å²) >= 11 is 5.51. The topological polar surface area (TPSA) is 73.6 Å². The van der Waals surface area contributed by atoms with Crippen LogP contribution >= 0.6 is 12.2 Å². The summed E-state index contributed by atoms with van der Waals surface area (Å²) < 4.78 is 7.56. The molecule has 0 fully saturated rings. The van der Waals surface area contributed by atoms with Gasteiger partial charge in [0.15, 0.2) is 0 Å². The van der Waals surface area contributed by atoms with Gasteiger partial charge in [-0.1, -0.05) is 12.2 Å². The first-order valence-electron chi connectivity index (χ1n) is 6.85. The van der Waals surface area contributed by atoms with Crippen LogP contribution in [0.4, 0.5) is 0 Å². The van der Waals surface area contributed by atoms with Crippen molar-refractivity contribution in [1.82, 2.24) is 30.0 Å². The van der Waals surface area contributed by atoms with Crippen molar-refractivity contribution in [2.75, 3.05) is 7.11 Å². The molecule has 0 bridgehead atoms. The van der Waals surface area contributed by atoms with Gasteiger partial charge in [0, 0.05) is 6.20 Å². The van der Waals surface area contributed by atoms with Crippen LogP contribution in [0.1, 0.15) is 19.9 Å². The van der Waals surface area contributed by atoms with Crippen molar-refractivity contribution in [3.8, 4) is 22.8 Å². The Morgan fingerprint density at radius 1 is 1.23 bits per heavy atom. The molecule has 0 atom stereocenters. The average molecular weight is 316 g/mol. The quantitative estimate of drug-likeness (QED) is 0.749. The predicted octanol–water partition coefficient (Wildman–Crippen LogP) is 2.78. The smallest absolute Gasteiger partial charge is 0.209 e. The van der Waals surface area contributed by atoms with Gasteiger partial charge >= 0.3 is 0 Å². The van der Waals surface area contributed by atoms with Crippen LogP contribution in [0.15, 0.2) is 30.5 Å². The third kappa shape index (κ3) is 2.52. The van der Waals surface area contributed by atoms with Gasteiger partial charge in [-0.15, -0.1) is 10.2 Å². The second-order valence-electron chi connectivity index (χ2n) is 5.05. The van der Waals surface area contributed by atoms with Gasteiger partial charge in [-0.2, -0.15) is 4.80 Å². The SMILES string of the molecule is COc1ccc(-n2[nH]cc(-c3nnn(C(C)C)n3)c2=S)cc1. The number of hydrogen-bond donors (Lipinski definition) is 1. The molecule has 8 heteroatoms. The van der Waals surface area contributed by atoms with E-state index < -0.39 is 0 Å². The van der Waals surface area contributed by atoms with E-state index in [1.54, 1.807) is 22.8 Å². The molecule has 0 aliphatic rings. The summed E-state index contributed by atoms with van der Waals surface area (Å²) in [6.07, 6.45) is 1.79. The molecule has 0 radical (unpaired) electrons. The first-order valence-corrected chi connectivity index (χ1v) is 7.25. The molecule has 2 heterocycles. The minimum Gasteiger partial charge on any atom is -0.497 e. The number of tetrazole rings is 1. The zero-order chi connectivity index (χ0) is 15.7. The molecule has 1 N–H and O–H groups in total. The van der Waals surface area contributed by atoms with Crippen molar-refractivity contribution >= 4 is 12.2 Å². The van der Waals surface area contributed by atoms with Crippen molar-refractivity contribution < 1.29 is 4.74 Å². The van der Waals surface area contributed by atoms with Gasteiger partial charge in [0.1, 0.15) is 10.4 Å². The van der Waals surface area contributed by atoms with Crippen molar-refractivity contribution in [2.45, 2.75) is 19.9 Å². The Labute approximate surface area is 132 Å². The summed E-state index contributed by atoms with van der Waals surface area (Å²) in [5.74, 6) is 1.31. The summed E-state index contributed by atoms with van der Waals surface area (Å²) in [6, 6.07) is 7.76. The lowest BCUT2D eigenvalue weighted by atomic mass is 10.3. The van der Waals surface area contributed by atoms with E-state index in [1.807, 2.05) is 38.1 Å². The lowest BCUT2D eigenvalue weighted by Gasteiger charge is -2.04. The molecule has 7 nitrogen and oxygen atoms in total. The lowest BCUT2D eigenvalue weighted by molar-refractivity contribution is 0.414. The fraction of sp³-hybridized carbons (Fsp3) is 0.286. The Bertz CT molecular complexity index is 830. The molecule has 3 rings (SSSR count). The standard InChI is InChI=1S/C14H16N6OS/c1-9(2)20-17-13(16-18-20)12-8-15-19(14(12)22)10-4-6-11(21-3)7-5-10/h4-9,15H,1-3H3. The maximum absolute atomic E-state index is 5.51. The second-order valence-corrected chi connectivity index (χ2v) is 5.44. The maximum atomic E-state index is 5.51. The zero-order valence-electron chi connectivity index (χ0n) is 12.5. The fourth-order valence-corrected chi connectivity index (χ4v) is 2.31. The number of ether oxygens (including phenoxy) is 1. The normalized spacial score (nSPS) is 11.1. The highest BCUT2D eigenvalue weighted by molar-refractivity contribution is 7.71. The Morgan fingerprint density at radius 2 is 1.95 bits per heavy atom. The third-order valence-corrected chi connectivity index (χ3v) is 3.64. The van der Waals surface area contributed by atoms with E-state index in [4.69, 9.17) is 17.0 Å².